The highest BCUT2D eigenvalue weighted by Crippen LogP contribution is 2.20. The van der Waals surface area contributed by atoms with Crippen molar-refractivity contribution < 1.29 is 4.79 Å². The lowest BCUT2D eigenvalue weighted by atomic mass is 10.2. The smallest absolute Gasteiger partial charge is 0.262 e. The van der Waals surface area contributed by atoms with E-state index in [1.807, 2.05) is 37.3 Å². The van der Waals surface area contributed by atoms with Crippen LogP contribution in [0.2, 0.25) is 0 Å². The van der Waals surface area contributed by atoms with Crippen molar-refractivity contribution in [2.24, 2.45) is 0 Å². The molecule has 0 saturated heterocycles. The van der Waals surface area contributed by atoms with Gasteiger partial charge in [-0.05, 0) is 36.8 Å². The molecule has 3 aromatic rings. The van der Waals surface area contributed by atoms with Crippen molar-refractivity contribution >= 4 is 44.5 Å². The third-order valence-electron chi connectivity index (χ3n) is 3.85. The van der Waals surface area contributed by atoms with Gasteiger partial charge in [0, 0.05) is 17.2 Å². The van der Waals surface area contributed by atoms with Gasteiger partial charge in [0.2, 0.25) is 5.91 Å². The topological polar surface area (TPSA) is 76.9 Å². The van der Waals surface area contributed by atoms with E-state index in [0.717, 1.165) is 16.6 Å². The summed E-state index contributed by atoms with van der Waals surface area (Å²) in [7, 11) is 0. The molecule has 6 nitrogen and oxygen atoms in total. The number of hydrogen-bond donors (Lipinski definition) is 1. The summed E-state index contributed by atoms with van der Waals surface area (Å²) in [5, 5.41) is 3.97. The van der Waals surface area contributed by atoms with Crippen molar-refractivity contribution in [1.29, 1.82) is 0 Å². The maximum Gasteiger partial charge on any atom is 0.262 e. The molecule has 1 aromatic carbocycles. The zero-order valence-corrected chi connectivity index (χ0v) is 17.2. The van der Waals surface area contributed by atoms with Crippen LogP contribution in [0.4, 0.5) is 0 Å². The molecule has 0 bridgehead atoms. The van der Waals surface area contributed by atoms with Crippen molar-refractivity contribution in [1.82, 2.24) is 19.9 Å². The molecule has 0 saturated carbocycles. The predicted molar refractivity (Wildman–Crippen MR) is 111 cm³/mol. The largest absolute Gasteiger partial charge is 0.350 e. The van der Waals surface area contributed by atoms with Gasteiger partial charge in [-0.25, -0.2) is 4.98 Å². The molecule has 0 aliphatic heterocycles. The van der Waals surface area contributed by atoms with E-state index >= 15 is 0 Å². The monoisotopic (exact) mass is 446 g/mol. The first kappa shape index (κ1) is 19.6. The summed E-state index contributed by atoms with van der Waals surface area (Å²) in [5.41, 5.74) is 1.35. The highest BCUT2D eigenvalue weighted by atomic mass is 79.9. The number of halogens is 1. The van der Waals surface area contributed by atoms with Crippen molar-refractivity contribution in [2.45, 2.75) is 31.6 Å². The van der Waals surface area contributed by atoms with Gasteiger partial charge in [-0.15, -0.1) is 0 Å². The normalized spacial score (nSPS) is 10.9. The fourth-order valence-corrected chi connectivity index (χ4v) is 3.79. The molecule has 1 N–H and O–H groups in total. The van der Waals surface area contributed by atoms with E-state index in [0.29, 0.717) is 29.1 Å². The number of hydrogen-bond acceptors (Lipinski definition) is 5. The average molecular weight is 447 g/mol. The number of rotatable bonds is 7. The van der Waals surface area contributed by atoms with E-state index in [1.165, 1.54) is 11.8 Å². The number of aromatic nitrogens is 3. The lowest BCUT2D eigenvalue weighted by Crippen LogP contribution is -2.27. The molecule has 27 heavy (non-hydrogen) atoms. The first-order chi connectivity index (χ1) is 13.1. The number of carbonyl (C=O) groups is 1. The molecule has 0 aliphatic rings. The first-order valence-electron chi connectivity index (χ1n) is 8.58. The van der Waals surface area contributed by atoms with Gasteiger partial charge in [0.25, 0.3) is 5.56 Å². The maximum atomic E-state index is 12.8. The fourth-order valence-electron chi connectivity index (χ4n) is 2.58. The predicted octanol–water partition coefficient (Wildman–Crippen LogP) is 3.37. The number of thioether (sulfide) groups is 1. The molecule has 0 unspecified atom stereocenters. The number of pyridine rings is 1. The highest BCUT2D eigenvalue weighted by Gasteiger charge is 2.13. The lowest BCUT2D eigenvalue weighted by Gasteiger charge is -2.12. The summed E-state index contributed by atoms with van der Waals surface area (Å²) in [4.78, 5) is 33.8. The number of nitrogens with one attached hydrogen (secondary N) is 1. The van der Waals surface area contributed by atoms with Gasteiger partial charge >= 0.3 is 0 Å². The van der Waals surface area contributed by atoms with E-state index in [4.69, 9.17) is 0 Å². The van der Waals surface area contributed by atoms with E-state index in [9.17, 15) is 9.59 Å². The van der Waals surface area contributed by atoms with Gasteiger partial charge in [-0.2, -0.15) is 0 Å². The molecule has 0 aliphatic carbocycles. The van der Waals surface area contributed by atoms with Crippen LogP contribution in [0.3, 0.4) is 0 Å². The van der Waals surface area contributed by atoms with Crippen molar-refractivity contribution in [3.8, 4) is 0 Å². The third kappa shape index (κ3) is 4.95. The molecule has 0 fully saturated rings. The number of amides is 1. The van der Waals surface area contributed by atoms with Crippen LogP contribution in [0.25, 0.3) is 10.9 Å². The van der Waals surface area contributed by atoms with E-state index in [1.54, 1.807) is 16.8 Å². The molecule has 0 atom stereocenters. The maximum absolute atomic E-state index is 12.8. The Morgan fingerprint density at radius 1 is 1.30 bits per heavy atom. The van der Waals surface area contributed by atoms with Crippen LogP contribution >= 0.6 is 27.7 Å². The minimum absolute atomic E-state index is 0.0838. The zero-order valence-electron chi connectivity index (χ0n) is 14.8. The Hall–Kier alpha value is -2.19. The van der Waals surface area contributed by atoms with Crippen LogP contribution in [-0.2, 0) is 17.9 Å². The molecule has 140 valence electrons. The minimum atomic E-state index is -0.126. The summed E-state index contributed by atoms with van der Waals surface area (Å²) in [5.74, 6) is 0.0595. The Kier molecular flexibility index (Phi) is 6.63. The molecule has 2 aromatic heterocycles. The van der Waals surface area contributed by atoms with Crippen LogP contribution < -0.4 is 10.9 Å². The number of nitrogens with zero attached hydrogens (tertiary/aromatic N) is 3. The Morgan fingerprint density at radius 3 is 2.89 bits per heavy atom. The van der Waals surface area contributed by atoms with Crippen LogP contribution in [-0.4, -0.2) is 26.2 Å². The van der Waals surface area contributed by atoms with Gasteiger partial charge in [-0.1, -0.05) is 40.7 Å². The van der Waals surface area contributed by atoms with E-state index in [2.05, 4.69) is 31.2 Å². The van der Waals surface area contributed by atoms with Crippen molar-refractivity contribution in [3.05, 3.63) is 63.1 Å². The van der Waals surface area contributed by atoms with Gasteiger partial charge in [-0.3, -0.25) is 19.1 Å². The highest BCUT2D eigenvalue weighted by molar-refractivity contribution is 9.10. The van der Waals surface area contributed by atoms with Crippen molar-refractivity contribution in [2.75, 3.05) is 5.75 Å². The second-order valence-corrected chi connectivity index (χ2v) is 7.76. The van der Waals surface area contributed by atoms with Gasteiger partial charge in [0.1, 0.15) is 0 Å². The quantitative estimate of drug-likeness (QED) is 0.444. The zero-order chi connectivity index (χ0) is 19.2. The third-order valence-corrected chi connectivity index (χ3v) is 5.32. The standard InChI is InChI=1S/C19H19BrN4O2S/c1-2-9-24-18(26)15-10-13(20)6-7-16(15)23-19(24)27-12-17(25)22-11-14-5-3-4-8-21-14/h3-8,10H,2,9,11-12H2,1H3,(H,22,25). The lowest BCUT2D eigenvalue weighted by molar-refractivity contribution is -0.118. The van der Waals surface area contributed by atoms with Gasteiger partial charge in [0.15, 0.2) is 5.16 Å². The number of benzene rings is 1. The first-order valence-corrected chi connectivity index (χ1v) is 10.4. The van der Waals surface area contributed by atoms with E-state index < -0.39 is 0 Å². The molecule has 1 amide bonds. The van der Waals surface area contributed by atoms with Gasteiger partial charge < -0.3 is 5.32 Å². The summed E-state index contributed by atoms with van der Waals surface area (Å²) >= 11 is 4.67. The second kappa shape index (κ2) is 9.14. The van der Waals surface area contributed by atoms with Crippen molar-refractivity contribution in [3.63, 3.8) is 0 Å². The number of fused-ring (bicyclic) bond motifs is 1. The average Bonchev–Trinajstić information content (AvgIpc) is 2.68. The minimum Gasteiger partial charge on any atom is -0.350 e. The Morgan fingerprint density at radius 2 is 2.15 bits per heavy atom. The Bertz CT molecular complexity index is 1010. The van der Waals surface area contributed by atoms with Gasteiger partial charge in [0.05, 0.1) is 28.9 Å². The molecular formula is C19H19BrN4O2S. The van der Waals surface area contributed by atoms with Crippen LogP contribution in [0.5, 0.6) is 0 Å². The molecule has 0 radical (unpaired) electrons. The second-order valence-electron chi connectivity index (χ2n) is 5.90. The van der Waals surface area contributed by atoms with E-state index in [-0.39, 0.29) is 17.2 Å². The molecular weight excluding hydrogens is 428 g/mol. The molecule has 2 heterocycles. The summed E-state index contributed by atoms with van der Waals surface area (Å²) in [6, 6.07) is 11.0. The summed E-state index contributed by atoms with van der Waals surface area (Å²) in [6.07, 6.45) is 2.50. The Labute approximate surface area is 169 Å². The number of carbonyl (C=O) groups excluding carboxylic acids is 1. The SMILES string of the molecule is CCCn1c(SCC(=O)NCc2ccccn2)nc2ccc(Br)cc2c1=O. The van der Waals surface area contributed by atoms with Crippen LogP contribution in [0.1, 0.15) is 19.0 Å². The fraction of sp³-hybridized carbons (Fsp3) is 0.263. The molecule has 3 rings (SSSR count). The summed E-state index contributed by atoms with van der Waals surface area (Å²) in [6.45, 7) is 2.94. The van der Waals surface area contributed by atoms with Crippen LogP contribution in [0, 0.1) is 0 Å². The molecule has 8 heteroatoms. The van der Waals surface area contributed by atoms with Crippen LogP contribution in [0.15, 0.2) is 57.0 Å². The Balaban J connectivity index is 1.75. The molecule has 0 spiro atoms. The summed E-state index contributed by atoms with van der Waals surface area (Å²) < 4.78 is 2.48.